The Kier molecular flexibility index (Phi) is 6.61. The summed E-state index contributed by atoms with van der Waals surface area (Å²) in [6.45, 7) is 0. The van der Waals surface area contributed by atoms with Gasteiger partial charge in [-0.2, -0.15) is 0 Å². The number of benzene rings is 2. The normalized spacial score (nSPS) is 10.9. The van der Waals surface area contributed by atoms with Crippen LogP contribution in [-0.4, -0.2) is 35.4 Å². The molecule has 4 aromatic rings. The molecule has 0 atom stereocenters. The molecule has 1 N–H and O–H groups in total. The maximum atomic E-state index is 13.8. The molecule has 0 aliphatic heterocycles. The fourth-order valence-corrected chi connectivity index (χ4v) is 4.68. The Morgan fingerprint density at radius 2 is 1.88 bits per heavy atom. The summed E-state index contributed by atoms with van der Waals surface area (Å²) in [5.41, 5.74) is 0.396. The van der Waals surface area contributed by atoms with Crippen LogP contribution < -0.4 is 20.3 Å². The van der Waals surface area contributed by atoms with E-state index in [-0.39, 0.29) is 22.5 Å². The quantitative estimate of drug-likeness (QED) is 0.305. The van der Waals surface area contributed by atoms with Crippen LogP contribution in [0.4, 0.5) is 14.5 Å². The fourth-order valence-electron chi connectivity index (χ4n) is 3.10. The second-order valence-electron chi connectivity index (χ2n) is 6.70. The van der Waals surface area contributed by atoms with Gasteiger partial charge < -0.3 is 14.8 Å². The highest BCUT2D eigenvalue weighted by atomic mass is 32.2. The molecule has 11 heteroatoms. The summed E-state index contributed by atoms with van der Waals surface area (Å²) in [6, 6.07) is 9.41. The maximum absolute atomic E-state index is 13.8. The van der Waals surface area contributed by atoms with Gasteiger partial charge >= 0.3 is 0 Å². The van der Waals surface area contributed by atoms with Gasteiger partial charge in [0.1, 0.15) is 27.8 Å². The Morgan fingerprint density at radius 3 is 2.58 bits per heavy atom. The molecular formula is C22H17F2N3O4S2. The van der Waals surface area contributed by atoms with Crippen LogP contribution in [0.15, 0.2) is 57.8 Å². The second-order valence-corrected chi connectivity index (χ2v) is 8.56. The molecule has 0 saturated carbocycles. The molecule has 0 aliphatic rings. The van der Waals surface area contributed by atoms with Gasteiger partial charge in [-0.3, -0.25) is 14.2 Å². The number of thiophene rings is 1. The van der Waals surface area contributed by atoms with E-state index in [4.69, 9.17) is 9.47 Å². The Hall–Kier alpha value is -3.44. The summed E-state index contributed by atoms with van der Waals surface area (Å²) >= 11 is 2.15. The van der Waals surface area contributed by atoms with Gasteiger partial charge in [0.05, 0.1) is 36.9 Å². The molecule has 0 unspecified atom stereocenters. The summed E-state index contributed by atoms with van der Waals surface area (Å²) in [4.78, 5) is 30.1. The van der Waals surface area contributed by atoms with E-state index in [0.29, 0.717) is 33.5 Å². The number of ether oxygens (including phenoxy) is 2. The number of nitrogens with one attached hydrogen (secondary N) is 1. The largest absolute Gasteiger partial charge is 0.497 e. The lowest BCUT2D eigenvalue weighted by Gasteiger charge is -2.13. The summed E-state index contributed by atoms with van der Waals surface area (Å²) in [7, 11) is 2.99. The number of carbonyl (C=O) groups excluding carboxylic acids is 1. The summed E-state index contributed by atoms with van der Waals surface area (Å²) < 4.78 is 39.6. The van der Waals surface area contributed by atoms with Gasteiger partial charge in [-0.1, -0.05) is 11.8 Å². The van der Waals surface area contributed by atoms with Crippen LogP contribution in [0, 0.1) is 11.6 Å². The number of anilines is 1. The smallest absolute Gasteiger partial charge is 0.276 e. The molecule has 0 spiro atoms. The highest BCUT2D eigenvalue weighted by Gasteiger charge is 2.17. The van der Waals surface area contributed by atoms with E-state index in [1.165, 1.54) is 25.6 Å². The molecule has 0 aliphatic carbocycles. The van der Waals surface area contributed by atoms with E-state index in [1.54, 1.807) is 29.6 Å². The van der Waals surface area contributed by atoms with Crippen molar-refractivity contribution in [1.82, 2.24) is 9.55 Å². The molecule has 2 heterocycles. The van der Waals surface area contributed by atoms with E-state index >= 15 is 0 Å². The van der Waals surface area contributed by atoms with Crippen LogP contribution in [0.25, 0.3) is 15.9 Å². The monoisotopic (exact) mass is 489 g/mol. The van der Waals surface area contributed by atoms with Gasteiger partial charge in [0.15, 0.2) is 5.16 Å². The number of nitrogens with zero attached hydrogens (tertiary/aromatic N) is 2. The lowest BCUT2D eigenvalue weighted by molar-refractivity contribution is -0.113. The Balaban J connectivity index is 1.64. The van der Waals surface area contributed by atoms with Gasteiger partial charge in [0.25, 0.3) is 5.56 Å². The number of fused-ring (bicyclic) bond motifs is 1. The number of thioether (sulfide) groups is 1. The minimum atomic E-state index is -0.830. The molecule has 0 radical (unpaired) electrons. The minimum absolute atomic E-state index is 0.0139. The number of hydrogen-bond donors (Lipinski definition) is 1. The number of carbonyl (C=O) groups is 1. The number of amides is 1. The average molecular weight is 490 g/mol. The van der Waals surface area contributed by atoms with E-state index in [9.17, 15) is 18.4 Å². The van der Waals surface area contributed by atoms with Crippen LogP contribution in [0.2, 0.25) is 0 Å². The highest BCUT2D eigenvalue weighted by molar-refractivity contribution is 7.99. The van der Waals surface area contributed by atoms with E-state index in [1.807, 2.05) is 0 Å². The Morgan fingerprint density at radius 1 is 1.12 bits per heavy atom. The van der Waals surface area contributed by atoms with E-state index in [0.717, 1.165) is 28.5 Å². The van der Waals surface area contributed by atoms with Gasteiger partial charge in [0.2, 0.25) is 5.91 Å². The minimum Gasteiger partial charge on any atom is -0.497 e. The standard InChI is InChI=1S/C22H17F2N3O4S2/c1-30-15-3-4-16(18(10-15)31-2)25-19(28)11-33-22-26-17-5-6-32-20(17)21(29)27(22)14-8-12(23)7-13(24)9-14/h3-10H,11H2,1-2H3,(H,25,28). The Labute approximate surface area is 195 Å². The van der Waals surface area contributed by atoms with Gasteiger partial charge in [-0.05, 0) is 35.7 Å². The van der Waals surface area contributed by atoms with E-state index < -0.39 is 17.2 Å². The zero-order valence-electron chi connectivity index (χ0n) is 17.4. The van der Waals surface area contributed by atoms with Crippen molar-refractivity contribution in [3.05, 3.63) is 69.8 Å². The predicted octanol–water partition coefficient (Wildman–Crippen LogP) is 4.47. The lowest BCUT2D eigenvalue weighted by Crippen LogP contribution is -2.22. The Bertz CT molecular complexity index is 1380. The summed E-state index contributed by atoms with van der Waals surface area (Å²) in [5, 5.41) is 4.57. The van der Waals surface area contributed by atoms with Gasteiger partial charge in [0, 0.05) is 12.1 Å². The second kappa shape index (κ2) is 9.59. The maximum Gasteiger partial charge on any atom is 0.276 e. The van der Waals surface area contributed by atoms with Crippen molar-refractivity contribution in [2.75, 3.05) is 25.3 Å². The van der Waals surface area contributed by atoms with Crippen LogP contribution in [0.1, 0.15) is 0 Å². The number of hydrogen-bond acceptors (Lipinski definition) is 7. The van der Waals surface area contributed by atoms with Crippen molar-refractivity contribution in [3.8, 4) is 17.2 Å². The van der Waals surface area contributed by atoms with Crippen LogP contribution in [0.3, 0.4) is 0 Å². The van der Waals surface area contributed by atoms with Crippen molar-refractivity contribution in [2.45, 2.75) is 5.16 Å². The summed E-state index contributed by atoms with van der Waals surface area (Å²) in [5.74, 6) is -1.18. The molecule has 7 nitrogen and oxygen atoms in total. The molecule has 2 aromatic carbocycles. The third-order valence-corrected chi connectivity index (χ3v) is 6.40. The molecular weight excluding hydrogens is 472 g/mol. The molecule has 1 amide bonds. The molecule has 170 valence electrons. The predicted molar refractivity (Wildman–Crippen MR) is 124 cm³/mol. The molecule has 2 aromatic heterocycles. The van der Waals surface area contributed by atoms with Crippen LogP contribution >= 0.6 is 23.1 Å². The zero-order valence-corrected chi connectivity index (χ0v) is 19.1. The van der Waals surface area contributed by atoms with Crippen molar-refractivity contribution in [3.63, 3.8) is 0 Å². The number of halogens is 2. The van der Waals surface area contributed by atoms with Gasteiger partial charge in [-0.25, -0.2) is 13.8 Å². The highest BCUT2D eigenvalue weighted by Crippen LogP contribution is 2.30. The summed E-state index contributed by atoms with van der Waals surface area (Å²) in [6.07, 6.45) is 0. The molecule has 0 bridgehead atoms. The SMILES string of the molecule is COc1ccc(NC(=O)CSc2nc3ccsc3c(=O)n2-c2cc(F)cc(F)c2)c(OC)c1. The first-order valence-electron chi connectivity index (χ1n) is 9.51. The third kappa shape index (κ3) is 4.83. The lowest BCUT2D eigenvalue weighted by atomic mass is 10.2. The van der Waals surface area contributed by atoms with Crippen molar-refractivity contribution in [2.24, 2.45) is 0 Å². The van der Waals surface area contributed by atoms with Crippen molar-refractivity contribution < 1.29 is 23.0 Å². The first-order valence-corrected chi connectivity index (χ1v) is 11.4. The molecule has 0 fully saturated rings. The third-order valence-electron chi connectivity index (χ3n) is 4.57. The van der Waals surface area contributed by atoms with Crippen molar-refractivity contribution in [1.29, 1.82) is 0 Å². The van der Waals surface area contributed by atoms with Crippen molar-refractivity contribution >= 4 is 44.9 Å². The van der Waals surface area contributed by atoms with E-state index in [2.05, 4.69) is 10.3 Å². The van der Waals surface area contributed by atoms with Gasteiger partial charge in [-0.15, -0.1) is 11.3 Å². The number of methoxy groups -OCH3 is 2. The van der Waals surface area contributed by atoms with Crippen LogP contribution in [0.5, 0.6) is 11.5 Å². The number of rotatable bonds is 7. The fraction of sp³-hybridized carbons (Fsp3) is 0.136. The topological polar surface area (TPSA) is 82.5 Å². The molecule has 0 saturated heterocycles. The first kappa shape index (κ1) is 22.7. The molecule has 4 rings (SSSR count). The number of aromatic nitrogens is 2. The van der Waals surface area contributed by atoms with Crippen LogP contribution in [-0.2, 0) is 4.79 Å². The first-order chi connectivity index (χ1) is 15.9. The average Bonchev–Trinajstić information content (AvgIpc) is 3.26. The zero-order chi connectivity index (χ0) is 23.5. The molecule has 33 heavy (non-hydrogen) atoms.